The van der Waals surface area contributed by atoms with Crippen molar-refractivity contribution in [2.24, 2.45) is 0 Å². The van der Waals surface area contributed by atoms with Gasteiger partial charge in [-0.2, -0.15) is 0 Å². The van der Waals surface area contributed by atoms with Crippen LogP contribution in [-0.2, 0) is 0 Å². The first-order valence-corrected chi connectivity index (χ1v) is 8.94. The highest BCUT2D eigenvalue weighted by atomic mass is 13.9. The third kappa shape index (κ3) is 16.6. The largest absolute Gasteiger partial charge is 0.0917 e. The lowest BCUT2D eigenvalue weighted by molar-refractivity contribution is 0.958. The minimum Gasteiger partial charge on any atom is -0.0917 e. The first-order chi connectivity index (χ1) is 11.1. The Bertz CT molecular complexity index is 460. The Hall–Kier alpha value is -1.56. The maximum atomic E-state index is 2.34. The summed E-state index contributed by atoms with van der Waals surface area (Å²) >= 11 is 0. The number of hydrogen-bond acceptors (Lipinski definition) is 0. The lowest BCUT2D eigenvalue weighted by Gasteiger charge is -1.98. The van der Waals surface area contributed by atoms with Crippen LogP contribution in [-0.4, -0.2) is 0 Å². The first-order valence-electron chi connectivity index (χ1n) is 8.94. The topological polar surface area (TPSA) is 0 Å². The minimum atomic E-state index is 1.03. The normalized spacial score (nSPS) is 13.6. The third-order valence-corrected chi connectivity index (χ3v) is 3.55. The fourth-order valence-electron chi connectivity index (χ4n) is 2.11. The van der Waals surface area contributed by atoms with E-state index in [1.807, 2.05) is 0 Å². The van der Waals surface area contributed by atoms with Crippen LogP contribution in [0.15, 0.2) is 71.4 Å². The molecule has 0 unspecified atom stereocenters. The van der Waals surface area contributed by atoms with Gasteiger partial charge in [-0.1, -0.05) is 71.4 Å². The van der Waals surface area contributed by atoms with Crippen LogP contribution in [0.4, 0.5) is 0 Å². The minimum absolute atomic E-state index is 1.03. The van der Waals surface area contributed by atoms with Gasteiger partial charge in [0.2, 0.25) is 0 Å². The zero-order valence-corrected chi connectivity index (χ0v) is 15.9. The standard InChI is InChI=1S/C23H36/c1-6-7-8-9-10-11-12-13-17-22(4)19-15-20-23(5)18-14-16-21(2)3/h6-7,10-11,13,16-17,19-20H,8-9,12,14-15,18H2,1-5H3/b7-6+,11-10+,17-13+,22-19+,23-20-. The van der Waals surface area contributed by atoms with Crippen molar-refractivity contribution < 1.29 is 0 Å². The fourth-order valence-corrected chi connectivity index (χ4v) is 2.11. The Morgan fingerprint density at radius 3 is 2.13 bits per heavy atom. The summed E-state index contributed by atoms with van der Waals surface area (Å²) in [7, 11) is 0. The van der Waals surface area contributed by atoms with Gasteiger partial charge in [0.15, 0.2) is 0 Å². The van der Waals surface area contributed by atoms with E-state index in [0.717, 1.165) is 32.1 Å². The van der Waals surface area contributed by atoms with E-state index in [9.17, 15) is 0 Å². The predicted octanol–water partition coefficient (Wildman–Crippen LogP) is 7.87. The van der Waals surface area contributed by atoms with Crippen LogP contribution in [0.3, 0.4) is 0 Å². The van der Waals surface area contributed by atoms with Gasteiger partial charge in [0.25, 0.3) is 0 Å². The van der Waals surface area contributed by atoms with Crippen molar-refractivity contribution in [3.05, 3.63) is 71.4 Å². The fraction of sp³-hybridized carbons (Fsp3) is 0.478. The van der Waals surface area contributed by atoms with E-state index < -0.39 is 0 Å². The molecular formula is C23H36. The third-order valence-electron chi connectivity index (χ3n) is 3.55. The van der Waals surface area contributed by atoms with Crippen LogP contribution in [0.2, 0.25) is 0 Å². The van der Waals surface area contributed by atoms with E-state index in [2.05, 4.69) is 89.3 Å². The maximum Gasteiger partial charge on any atom is -0.0161 e. The predicted molar refractivity (Wildman–Crippen MR) is 108 cm³/mol. The highest BCUT2D eigenvalue weighted by molar-refractivity contribution is 5.18. The van der Waals surface area contributed by atoms with Crippen molar-refractivity contribution in [3.8, 4) is 0 Å². The highest BCUT2D eigenvalue weighted by Gasteiger charge is 1.88. The monoisotopic (exact) mass is 312 g/mol. The second kappa shape index (κ2) is 15.3. The van der Waals surface area contributed by atoms with Gasteiger partial charge in [0.1, 0.15) is 0 Å². The van der Waals surface area contributed by atoms with E-state index in [0.29, 0.717) is 0 Å². The van der Waals surface area contributed by atoms with E-state index in [4.69, 9.17) is 0 Å². The molecule has 0 fully saturated rings. The first kappa shape index (κ1) is 21.4. The zero-order valence-electron chi connectivity index (χ0n) is 15.9. The van der Waals surface area contributed by atoms with Crippen LogP contribution in [0.5, 0.6) is 0 Å². The van der Waals surface area contributed by atoms with E-state index >= 15 is 0 Å². The molecule has 128 valence electrons. The molecule has 0 aliphatic carbocycles. The summed E-state index contributed by atoms with van der Waals surface area (Å²) in [6.45, 7) is 10.8. The Balaban J connectivity index is 3.96. The summed E-state index contributed by atoms with van der Waals surface area (Å²) in [6.07, 6.45) is 26.9. The lowest BCUT2D eigenvalue weighted by atomic mass is 10.1. The Labute approximate surface area is 145 Å². The molecule has 23 heavy (non-hydrogen) atoms. The van der Waals surface area contributed by atoms with Gasteiger partial charge in [0, 0.05) is 0 Å². The van der Waals surface area contributed by atoms with Gasteiger partial charge in [0.05, 0.1) is 0 Å². The van der Waals surface area contributed by atoms with Crippen molar-refractivity contribution in [3.63, 3.8) is 0 Å². The molecule has 0 saturated heterocycles. The smallest absolute Gasteiger partial charge is 0.0161 e. The molecule has 0 rings (SSSR count). The Morgan fingerprint density at radius 1 is 0.696 bits per heavy atom. The van der Waals surface area contributed by atoms with Gasteiger partial charge in [-0.05, 0) is 73.1 Å². The van der Waals surface area contributed by atoms with Gasteiger partial charge in [-0.15, -0.1) is 0 Å². The van der Waals surface area contributed by atoms with Gasteiger partial charge in [-0.25, -0.2) is 0 Å². The average Bonchev–Trinajstić information content (AvgIpc) is 2.49. The molecule has 0 N–H and O–H groups in total. The van der Waals surface area contributed by atoms with E-state index in [1.54, 1.807) is 0 Å². The van der Waals surface area contributed by atoms with E-state index in [1.165, 1.54) is 23.1 Å². The van der Waals surface area contributed by atoms with Gasteiger partial charge < -0.3 is 0 Å². The van der Waals surface area contributed by atoms with E-state index in [-0.39, 0.29) is 0 Å². The molecule has 0 nitrogen and oxygen atoms in total. The maximum absolute atomic E-state index is 2.34. The second-order valence-electron chi connectivity index (χ2n) is 6.31. The zero-order chi connectivity index (χ0) is 17.3. The Kier molecular flexibility index (Phi) is 14.3. The molecular weight excluding hydrogens is 276 g/mol. The number of rotatable bonds is 11. The van der Waals surface area contributed by atoms with Gasteiger partial charge in [-0.3, -0.25) is 0 Å². The van der Waals surface area contributed by atoms with Crippen LogP contribution in [0.1, 0.15) is 73.1 Å². The quantitative estimate of drug-likeness (QED) is 0.207. The van der Waals surface area contributed by atoms with Crippen LogP contribution in [0.25, 0.3) is 0 Å². The lowest BCUT2D eigenvalue weighted by Crippen LogP contribution is -1.77. The number of unbranched alkanes of at least 4 members (excludes halogenated alkanes) is 1. The molecule has 0 aromatic heterocycles. The molecule has 0 aliphatic rings. The molecule has 0 aliphatic heterocycles. The molecule has 0 heteroatoms. The molecule has 0 amide bonds. The van der Waals surface area contributed by atoms with Gasteiger partial charge >= 0.3 is 0 Å². The summed E-state index contributed by atoms with van der Waals surface area (Å²) in [5.74, 6) is 0. The van der Waals surface area contributed by atoms with Crippen molar-refractivity contribution >= 4 is 0 Å². The summed E-state index contributed by atoms with van der Waals surface area (Å²) in [5.41, 5.74) is 4.25. The number of allylic oxidation sites excluding steroid dienone is 12. The molecule has 0 radical (unpaired) electrons. The summed E-state index contributed by atoms with van der Waals surface area (Å²) in [4.78, 5) is 0. The molecule has 0 heterocycles. The summed E-state index contributed by atoms with van der Waals surface area (Å²) in [5, 5.41) is 0. The van der Waals surface area contributed by atoms with Crippen molar-refractivity contribution in [1.82, 2.24) is 0 Å². The van der Waals surface area contributed by atoms with Crippen molar-refractivity contribution in [2.75, 3.05) is 0 Å². The Morgan fingerprint density at radius 2 is 1.43 bits per heavy atom. The summed E-state index contributed by atoms with van der Waals surface area (Å²) in [6, 6.07) is 0. The average molecular weight is 313 g/mol. The number of hydrogen-bond donors (Lipinski definition) is 0. The van der Waals surface area contributed by atoms with Crippen LogP contribution >= 0.6 is 0 Å². The molecule has 0 spiro atoms. The molecule has 0 bridgehead atoms. The van der Waals surface area contributed by atoms with Crippen molar-refractivity contribution in [2.45, 2.75) is 73.1 Å². The second-order valence-corrected chi connectivity index (χ2v) is 6.31. The summed E-state index contributed by atoms with van der Waals surface area (Å²) < 4.78 is 0. The molecule has 0 aromatic carbocycles. The SMILES string of the molecule is C/C=C/CC/C=C/C/C=C/C(C)=C/C/C=C(/C)CCC=C(C)C. The molecule has 0 saturated carbocycles. The van der Waals surface area contributed by atoms with Crippen molar-refractivity contribution in [1.29, 1.82) is 0 Å². The van der Waals surface area contributed by atoms with Crippen LogP contribution in [0, 0.1) is 0 Å². The molecule has 0 atom stereocenters. The molecule has 0 aromatic rings. The van der Waals surface area contributed by atoms with Crippen LogP contribution < -0.4 is 0 Å². The highest BCUT2D eigenvalue weighted by Crippen LogP contribution is 2.09.